The van der Waals surface area contributed by atoms with Gasteiger partial charge in [0.05, 0.1) is 6.20 Å². The van der Waals surface area contributed by atoms with Crippen LogP contribution in [0.4, 0.5) is 4.79 Å². The summed E-state index contributed by atoms with van der Waals surface area (Å²) in [6.07, 6.45) is 3.24. The smallest absolute Gasteiger partial charge is 0.326 e. The fraction of sp³-hybridized carbons (Fsp3) is 0.583. The summed E-state index contributed by atoms with van der Waals surface area (Å²) in [7, 11) is 0. The van der Waals surface area contributed by atoms with Crippen molar-refractivity contribution in [1.29, 1.82) is 0 Å². The lowest BCUT2D eigenvalue weighted by Gasteiger charge is -2.13. The third-order valence-corrected chi connectivity index (χ3v) is 2.86. The number of aliphatic hydroxyl groups is 1. The van der Waals surface area contributed by atoms with Crippen LogP contribution in [0.25, 0.3) is 0 Å². The minimum absolute atomic E-state index is 0.0169. The molecular formula is C12H20N4O4. The van der Waals surface area contributed by atoms with Crippen LogP contribution >= 0.6 is 0 Å². The number of aliphatic carboxylic acids is 1. The number of aliphatic hydroxyl groups excluding tert-OH is 1. The molecule has 112 valence electrons. The summed E-state index contributed by atoms with van der Waals surface area (Å²) in [5.41, 5.74) is 2.10. The van der Waals surface area contributed by atoms with E-state index >= 15 is 0 Å². The first-order chi connectivity index (χ1) is 9.54. The van der Waals surface area contributed by atoms with Gasteiger partial charge in [-0.3, -0.25) is 5.10 Å². The van der Waals surface area contributed by atoms with Crippen LogP contribution in [0.3, 0.4) is 0 Å². The van der Waals surface area contributed by atoms with Gasteiger partial charge in [0.2, 0.25) is 0 Å². The molecule has 2 amide bonds. The fourth-order valence-corrected chi connectivity index (χ4v) is 1.70. The maximum Gasteiger partial charge on any atom is 0.326 e. The number of carbonyl (C=O) groups excluding carboxylic acids is 1. The number of amides is 2. The Morgan fingerprint density at radius 1 is 1.50 bits per heavy atom. The largest absolute Gasteiger partial charge is 0.480 e. The SMILES string of the molecule is Cc1[nH]ncc1CCCNC(=O)NC(CCO)C(=O)O. The molecule has 1 rings (SSSR count). The molecule has 0 bridgehead atoms. The Labute approximate surface area is 116 Å². The second kappa shape index (κ2) is 8.16. The lowest BCUT2D eigenvalue weighted by molar-refractivity contribution is -0.139. The van der Waals surface area contributed by atoms with Crippen LogP contribution in [0.1, 0.15) is 24.1 Å². The normalized spacial score (nSPS) is 11.9. The summed E-state index contributed by atoms with van der Waals surface area (Å²) >= 11 is 0. The van der Waals surface area contributed by atoms with Crippen molar-refractivity contribution >= 4 is 12.0 Å². The van der Waals surface area contributed by atoms with E-state index in [1.807, 2.05) is 6.92 Å². The number of carbonyl (C=O) groups is 2. The monoisotopic (exact) mass is 284 g/mol. The lowest BCUT2D eigenvalue weighted by Crippen LogP contribution is -2.46. The molecular weight excluding hydrogens is 264 g/mol. The van der Waals surface area contributed by atoms with Gasteiger partial charge in [-0.1, -0.05) is 0 Å². The van der Waals surface area contributed by atoms with Crippen LogP contribution in [0.15, 0.2) is 6.20 Å². The fourth-order valence-electron chi connectivity index (χ4n) is 1.70. The first-order valence-electron chi connectivity index (χ1n) is 6.41. The number of aromatic amines is 1. The molecule has 0 aliphatic carbocycles. The number of H-pyrrole nitrogens is 1. The maximum absolute atomic E-state index is 11.5. The van der Waals surface area contributed by atoms with E-state index in [4.69, 9.17) is 10.2 Å². The number of hydrogen-bond donors (Lipinski definition) is 5. The summed E-state index contributed by atoms with van der Waals surface area (Å²) in [6, 6.07) is -1.62. The topological polar surface area (TPSA) is 127 Å². The second-order valence-electron chi connectivity index (χ2n) is 4.43. The number of carboxylic acids is 1. The molecule has 8 nitrogen and oxygen atoms in total. The number of hydrogen-bond acceptors (Lipinski definition) is 4. The second-order valence-corrected chi connectivity index (χ2v) is 4.43. The summed E-state index contributed by atoms with van der Waals surface area (Å²) in [4.78, 5) is 22.3. The molecule has 8 heteroatoms. The first-order valence-corrected chi connectivity index (χ1v) is 6.41. The summed E-state index contributed by atoms with van der Waals surface area (Å²) in [6.45, 7) is 2.06. The van der Waals surface area contributed by atoms with Crippen LogP contribution < -0.4 is 10.6 Å². The van der Waals surface area contributed by atoms with Gasteiger partial charge < -0.3 is 20.8 Å². The Balaban J connectivity index is 2.22. The average molecular weight is 284 g/mol. The predicted molar refractivity (Wildman–Crippen MR) is 71.3 cm³/mol. The number of urea groups is 1. The van der Waals surface area contributed by atoms with Gasteiger partial charge in [-0.15, -0.1) is 0 Å². The third-order valence-electron chi connectivity index (χ3n) is 2.86. The standard InChI is InChI=1S/C12H20N4O4/c1-8-9(7-14-16-8)3-2-5-13-12(20)15-10(4-6-17)11(18)19/h7,10,17H,2-6H2,1H3,(H,14,16)(H,18,19)(H2,13,15,20). The van der Waals surface area contributed by atoms with Crippen molar-refractivity contribution in [3.8, 4) is 0 Å². The zero-order chi connectivity index (χ0) is 15.0. The Morgan fingerprint density at radius 2 is 2.25 bits per heavy atom. The molecule has 0 spiro atoms. The Kier molecular flexibility index (Phi) is 6.51. The summed E-state index contributed by atoms with van der Waals surface area (Å²) in [5.74, 6) is -1.16. The van der Waals surface area contributed by atoms with Gasteiger partial charge in [0.15, 0.2) is 0 Å². The van der Waals surface area contributed by atoms with Crippen molar-refractivity contribution in [3.05, 3.63) is 17.5 Å². The van der Waals surface area contributed by atoms with Gasteiger partial charge in [-0.25, -0.2) is 9.59 Å². The molecule has 0 saturated heterocycles. The predicted octanol–water partition coefficient (Wildman–Crippen LogP) is -0.214. The highest BCUT2D eigenvalue weighted by atomic mass is 16.4. The molecule has 0 aliphatic heterocycles. The minimum atomic E-state index is -1.16. The zero-order valence-electron chi connectivity index (χ0n) is 11.3. The molecule has 0 fully saturated rings. The van der Waals surface area contributed by atoms with Crippen molar-refractivity contribution in [2.45, 2.75) is 32.2 Å². The minimum Gasteiger partial charge on any atom is -0.480 e. The molecule has 5 N–H and O–H groups in total. The summed E-state index contributed by atoms with van der Waals surface area (Å²) < 4.78 is 0. The van der Waals surface area contributed by atoms with E-state index in [2.05, 4.69) is 20.8 Å². The number of nitrogens with one attached hydrogen (secondary N) is 3. The number of carboxylic acid groups (broad SMARTS) is 1. The maximum atomic E-state index is 11.5. The molecule has 0 aromatic carbocycles. The van der Waals surface area contributed by atoms with Gasteiger partial charge in [0.25, 0.3) is 0 Å². The molecule has 1 aromatic heterocycles. The number of aryl methyl sites for hydroxylation is 2. The van der Waals surface area contributed by atoms with Gasteiger partial charge in [0, 0.05) is 25.3 Å². The quantitative estimate of drug-likeness (QED) is 0.422. The van der Waals surface area contributed by atoms with E-state index in [0.717, 1.165) is 24.1 Å². The zero-order valence-corrected chi connectivity index (χ0v) is 11.3. The van der Waals surface area contributed by atoms with Gasteiger partial charge in [0.1, 0.15) is 6.04 Å². The van der Waals surface area contributed by atoms with E-state index < -0.39 is 18.0 Å². The van der Waals surface area contributed by atoms with Gasteiger partial charge in [-0.2, -0.15) is 5.10 Å². The molecule has 0 saturated carbocycles. The van der Waals surface area contributed by atoms with Crippen molar-refractivity contribution in [2.75, 3.05) is 13.2 Å². The van der Waals surface area contributed by atoms with Crippen molar-refractivity contribution in [3.63, 3.8) is 0 Å². The Hall–Kier alpha value is -2.09. The van der Waals surface area contributed by atoms with Gasteiger partial charge in [-0.05, 0) is 25.3 Å². The molecule has 1 unspecified atom stereocenters. The summed E-state index contributed by atoms with van der Waals surface area (Å²) in [5, 5.41) is 29.1. The van der Waals surface area contributed by atoms with Crippen LogP contribution in [0.5, 0.6) is 0 Å². The van der Waals surface area contributed by atoms with E-state index in [0.29, 0.717) is 6.54 Å². The highest BCUT2D eigenvalue weighted by Crippen LogP contribution is 2.04. The van der Waals surface area contributed by atoms with Crippen LogP contribution in [0, 0.1) is 6.92 Å². The number of aromatic nitrogens is 2. The molecule has 0 radical (unpaired) electrons. The van der Waals surface area contributed by atoms with Gasteiger partial charge >= 0.3 is 12.0 Å². The average Bonchev–Trinajstić information content (AvgIpc) is 2.80. The molecule has 0 aliphatic rings. The van der Waals surface area contributed by atoms with E-state index in [9.17, 15) is 9.59 Å². The molecule has 1 atom stereocenters. The highest BCUT2D eigenvalue weighted by Gasteiger charge is 2.18. The number of rotatable bonds is 8. The van der Waals surface area contributed by atoms with E-state index in [1.165, 1.54) is 0 Å². The van der Waals surface area contributed by atoms with Crippen molar-refractivity contribution in [2.24, 2.45) is 0 Å². The molecule has 20 heavy (non-hydrogen) atoms. The van der Waals surface area contributed by atoms with E-state index in [-0.39, 0.29) is 13.0 Å². The van der Waals surface area contributed by atoms with Crippen molar-refractivity contribution < 1.29 is 19.8 Å². The van der Waals surface area contributed by atoms with Crippen LogP contribution in [0.2, 0.25) is 0 Å². The van der Waals surface area contributed by atoms with Crippen LogP contribution in [-0.4, -0.2) is 51.6 Å². The third kappa shape index (κ3) is 5.27. The highest BCUT2D eigenvalue weighted by molar-refractivity contribution is 5.82. The van der Waals surface area contributed by atoms with E-state index in [1.54, 1.807) is 6.20 Å². The Bertz CT molecular complexity index is 446. The Morgan fingerprint density at radius 3 is 2.80 bits per heavy atom. The first kappa shape index (κ1) is 16.0. The number of nitrogens with zero attached hydrogens (tertiary/aromatic N) is 1. The molecule has 1 aromatic rings. The van der Waals surface area contributed by atoms with Crippen LogP contribution in [-0.2, 0) is 11.2 Å². The van der Waals surface area contributed by atoms with Crippen molar-refractivity contribution in [1.82, 2.24) is 20.8 Å². The lowest BCUT2D eigenvalue weighted by atomic mass is 10.1. The molecule has 1 heterocycles.